The van der Waals surface area contributed by atoms with Gasteiger partial charge in [-0.25, -0.2) is 0 Å². The summed E-state index contributed by atoms with van der Waals surface area (Å²) in [6, 6.07) is 26.6. The number of rotatable bonds is 4. The Bertz CT molecular complexity index is 1210. The van der Waals surface area contributed by atoms with Crippen LogP contribution in [0.2, 0.25) is 0 Å². The molecular weight excluding hydrogens is 396 g/mol. The monoisotopic (exact) mass is 412 g/mol. The summed E-state index contributed by atoms with van der Waals surface area (Å²) in [4.78, 5) is 13.0. The molecule has 0 aliphatic carbocycles. The normalized spacial score (nSPS) is 17.7. The van der Waals surface area contributed by atoms with Crippen molar-refractivity contribution in [2.45, 2.75) is 6.04 Å². The largest absolute Gasteiger partial charge is 0.305 e. The van der Waals surface area contributed by atoms with E-state index in [9.17, 15) is 10.1 Å². The molecule has 0 bridgehead atoms. The average Bonchev–Trinajstić information content (AvgIpc) is 3.24. The number of nitro benzene ring substituents is 1. The van der Waals surface area contributed by atoms with E-state index in [0.717, 1.165) is 33.3 Å². The summed E-state index contributed by atoms with van der Waals surface area (Å²) >= 11 is 1.48. The third-order valence-electron chi connectivity index (χ3n) is 5.04. The fourth-order valence-corrected chi connectivity index (χ4v) is 4.54. The van der Waals surface area contributed by atoms with Crippen molar-refractivity contribution in [1.82, 2.24) is 4.90 Å². The van der Waals surface area contributed by atoms with Crippen molar-refractivity contribution in [2.24, 2.45) is 10.2 Å². The number of nitrogens with zero attached hydrogens (tertiary/aromatic N) is 4. The first kappa shape index (κ1) is 18.3. The van der Waals surface area contributed by atoms with E-state index in [1.165, 1.54) is 17.8 Å². The first-order chi connectivity index (χ1) is 14.7. The van der Waals surface area contributed by atoms with Gasteiger partial charge in [-0.3, -0.25) is 10.1 Å². The number of hydrogen-bond donors (Lipinski definition) is 0. The topological polar surface area (TPSA) is 71.1 Å². The van der Waals surface area contributed by atoms with Crippen molar-refractivity contribution in [3.05, 3.63) is 117 Å². The van der Waals surface area contributed by atoms with Crippen LogP contribution in [0.4, 0.5) is 5.69 Å². The van der Waals surface area contributed by atoms with Gasteiger partial charge in [0.15, 0.2) is 5.17 Å². The Kier molecular flexibility index (Phi) is 4.65. The zero-order valence-corrected chi connectivity index (χ0v) is 16.6. The molecular formula is C23H16N4O2S. The summed E-state index contributed by atoms with van der Waals surface area (Å²) in [7, 11) is 0. The Balaban J connectivity index is 1.64. The molecule has 6 nitrogen and oxygen atoms in total. The fourth-order valence-electron chi connectivity index (χ4n) is 3.67. The van der Waals surface area contributed by atoms with Gasteiger partial charge in [0, 0.05) is 28.7 Å². The Morgan fingerprint density at radius 1 is 0.867 bits per heavy atom. The summed E-state index contributed by atoms with van der Waals surface area (Å²) < 4.78 is 0. The predicted octanol–water partition coefficient (Wildman–Crippen LogP) is 5.46. The Morgan fingerprint density at radius 3 is 2.30 bits per heavy atom. The molecule has 146 valence electrons. The van der Waals surface area contributed by atoms with E-state index in [1.54, 1.807) is 12.1 Å². The third-order valence-corrected chi connectivity index (χ3v) is 5.87. The summed E-state index contributed by atoms with van der Waals surface area (Å²) in [6.45, 7) is 0. The van der Waals surface area contributed by atoms with Crippen molar-refractivity contribution < 1.29 is 4.92 Å². The zero-order valence-electron chi connectivity index (χ0n) is 15.8. The molecule has 5 rings (SSSR count). The maximum atomic E-state index is 11.3. The summed E-state index contributed by atoms with van der Waals surface area (Å²) in [5.41, 5.74) is 4.62. The highest BCUT2D eigenvalue weighted by Crippen LogP contribution is 2.43. The van der Waals surface area contributed by atoms with Crippen LogP contribution in [-0.2, 0) is 0 Å². The molecule has 0 saturated carbocycles. The minimum atomic E-state index is -0.372. The van der Waals surface area contributed by atoms with Crippen molar-refractivity contribution in [3.8, 4) is 0 Å². The quantitative estimate of drug-likeness (QED) is 0.422. The summed E-state index contributed by atoms with van der Waals surface area (Å²) in [5.74, 6) is 0. The van der Waals surface area contributed by atoms with Gasteiger partial charge in [0.05, 0.1) is 16.3 Å². The second kappa shape index (κ2) is 7.61. The molecule has 0 fully saturated rings. The summed E-state index contributed by atoms with van der Waals surface area (Å²) in [6.07, 6.45) is 0. The molecule has 2 aliphatic heterocycles. The van der Waals surface area contributed by atoms with Crippen LogP contribution in [-0.4, -0.2) is 20.7 Å². The second-order valence-corrected chi connectivity index (χ2v) is 7.68. The van der Waals surface area contributed by atoms with Gasteiger partial charge in [0.1, 0.15) is 6.04 Å². The van der Waals surface area contributed by atoms with E-state index in [-0.39, 0.29) is 16.7 Å². The molecule has 1 atom stereocenters. The van der Waals surface area contributed by atoms with Crippen LogP contribution in [0, 0.1) is 10.1 Å². The SMILES string of the molecule is O=[N+]([O-])c1cccc(C2=CSC3=NN=C(c4ccccc4)C(c4ccccc4)N23)c1. The lowest BCUT2D eigenvalue weighted by molar-refractivity contribution is -0.384. The van der Waals surface area contributed by atoms with Crippen molar-refractivity contribution in [3.63, 3.8) is 0 Å². The van der Waals surface area contributed by atoms with Crippen LogP contribution in [0.5, 0.6) is 0 Å². The first-order valence-electron chi connectivity index (χ1n) is 9.39. The van der Waals surface area contributed by atoms with E-state index in [2.05, 4.69) is 27.2 Å². The van der Waals surface area contributed by atoms with Gasteiger partial charge in [-0.1, -0.05) is 84.6 Å². The third kappa shape index (κ3) is 3.19. The minimum Gasteiger partial charge on any atom is -0.305 e. The average molecular weight is 412 g/mol. The van der Waals surface area contributed by atoms with Crippen LogP contribution in [0.25, 0.3) is 5.70 Å². The predicted molar refractivity (Wildman–Crippen MR) is 120 cm³/mol. The highest BCUT2D eigenvalue weighted by Gasteiger charge is 2.38. The molecule has 7 heteroatoms. The van der Waals surface area contributed by atoms with Crippen LogP contribution >= 0.6 is 11.8 Å². The lowest BCUT2D eigenvalue weighted by atomic mass is 9.94. The molecule has 2 heterocycles. The lowest BCUT2D eigenvalue weighted by Gasteiger charge is -2.34. The molecule has 3 aromatic rings. The molecule has 0 saturated heterocycles. The van der Waals surface area contributed by atoms with Crippen molar-refractivity contribution >= 4 is 34.0 Å². The maximum Gasteiger partial charge on any atom is 0.270 e. The summed E-state index contributed by atoms with van der Waals surface area (Å²) in [5, 5.41) is 23.1. The molecule has 0 radical (unpaired) electrons. The van der Waals surface area contributed by atoms with Gasteiger partial charge in [0.2, 0.25) is 0 Å². The molecule has 0 spiro atoms. The highest BCUT2D eigenvalue weighted by molar-refractivity contribution is 8.16. The number of benzene rings is 3. The van der Waals surface area contributed by atoms with E-state index in [0.29, 0.717) is 0 Å². The first-order valence-corrected chi connectivity index (χ1v) is 10.3. The molecule has 30 heavy (non-hydrogen) atoms. The van der Waals surface area contributed by atoms with Gasteiger partial charge in [-0.2, -0.15) is 0 Å². The highest BCUT2D eigenvalue weighted by atomic mass is 32.2. The molecule has 2 aliphatic rings. The Morgan fingerprint density at radius 2 is 1.57 bits per heavy atom. The molecule has 0 aromatic heterocycles. The minimum absolute atomic E-state index is 0.0639. The smallest absolute Gasteiger partial charge is 0.270 e. The van der Waals surface area contributed by atoms with Crippen LogP contribution in [0.15, 0.2) is 101 Å². The van der Waals surface area contributed by atoms with Crippen LogP contribution < -0.4 is 0 Å². The number of fused-ring (bicyclic) bond motifs is 1. The number of non-ortho nitro benzene ring substituents is 1. The second-order valence-electron chi connectivity index (χ2n) is 6.85. The van der Waals surface area contributed by atoms with E-state index in [4.69, 9.17) is 0 Å². The van der Waals surface area contributed by atoms with Crippen LogP contribution in [0.1, 0.15) is 22.7 Å². The van der Waals surface area contributed by atoms with Gasteiger partial charge in [-0.05, 0) is 5.56 Å². The molecule has 0 N–H and O–H groups in total. The van der Waals surface area contributed by atoms with Gasteiger partial charge in [-0.15, -0.1) is 10.2 Å². The van der Waals surface area contributed by atoms with Gasteiger partial charge >= 0.3 is 0 Å². The van der Waals surface area contributed by atoms with Crippen molar-refractivity contribution in [1.29, 1.82) is 0 Å². The molecule has 0 amide bonds. The molecule has 3 aromatic carbocycles. The lowest BCUT2D eigenvalue weighted by Crippen LogP contribution is -2.37. The number of hydrogen-bond acceptors (Lipinski definition) is 6. The standard InChI is InChI=1S/C23H16N4O2S/c28-27(29)19-13-7-12-18(14-19)20-15-30-23-25-24-21(16-8-3-1-4-9-16)22(26(20)23)17-10-5-2-6-11-17/h1-15,22H. The zero-order chi connectivity index (χ0) is 20.5. The molecule has 1 unspecified atom stereocenters. The van der Waals surface area contributed by atoms with Gasteiger partial charge < -0.3 is 4.90 Å². The Hall–Kier alpha value is -3.71. The van der Waals surface area contributed by atoms with Gasteiger partial charge in [0.25, 0.3) is 5.69 Å². The number of amidine groups is 1. The maximum absolute atomic E-state index is 11.3. The van der Waals surface area contributed by atoms with Crippen molar-refractivity contribution in [2.75, 3.05) is 0 Å². The van der Waals surface area contributed by atoms with E-state index in [1.807, 2.05) is 60.0 Å². The Labute approximate surface area is 177 Å². The number of nitro groups is 1. The fraction of sp³-hybridized carbons (Fsp3) is 0.0435. The van der Waals surface area contributed by atoms with E-state index >= 15 is 0 Å². The van der Waals surface area contributed by atoms with Crippen LogP contribution in [0.3, 0.4) is 0 Å². The number of thioether (sulfide) groups is 1. The van der Waals surface area contributed by atoms with E-state index < -0.39 is 0 Å².